The van der Waals surface area contributed by atoms with Crippen LogP contribution in [-0.4, -0.2) is 28.4 Å². The number of benzene rings is 3. The number of amides is 1. The topological polar surface area (TPSA) is 78.5 Å². The van der Waals surface area contributed by atoms with Crippen molar-refractivity contribution in [2.75, 3.05) is 29.0 Å². The number of nitrogens with zero attached hydrogens (tertiary/aromatic N) is 1. The Morgan fingerprint density at radius 1 is 0.938 bits per heavy atom. The molecule has 0 saturated heterocycles. The lowest BCUT2D eigenvalue weighted by Crippen LogP contribution is -2.17. The molecule has 1 amide bonds. The normalized spacial score (nSPS) is 11.2. The van der Waals surface area contributed by atoms with Crippen molar-refractivity contribution in [3.8, 4) is 0 Å². The van der Waals surface area contributed by atoms with Gasteiger partial charge in [-0.25, -0.2) is 21.6 Å². The van der Waals surface area contributed by atoms with Crippen LogP contribution in [0.4, 0.5) is 30.2 Å². The molecule has 0 heterocycles. The van der Waals surface area contributed by atoms with E-state index in [1.54, 1.807) is 0 Å². The second-order valence-electron chi connectivity index (χ2n) is 6.89. The molecular formula is C21H17ClF3N3O3S. The molecule has 0 atom stereocenters. The number of halogens is 4. The van der Waals surface area contributed by atoms with Crippen LogP contribution in [0.25, 0.3) is 0 Å². The zero-order chi connectivity index (χ0) is 23.6. The standard InChI is InChI=1S/C21H17ClF3N3O3S/c1-28(2)20-17(24)10-14(11-18(20)25)26-21(29)12-3-8-16(22)19(9-12)27-32(30,31)15-6-4-13(23)5-7-15/h3-11,27H,1-2H3,(H,26,29). The Hall–Kier alpha value is -3.24. The van der Waals surface area contributed by atoms with Crippen LogP contribution in [0.3, 0.4) is 0 Å². The summed E-state index contributed by atoms with van der Waals surface area (Å²) in [5.74, 6) is -3.09. The van der Waals surface area contributed by atoms with Crippen molar-refractivity contribution in [3.63, 3.8) is 0 Å². The van der Waals surface area contributed by atoms with Crippen molar-refractivity contribution < 1.29 is 26.4 Å². The predicted octanol–water partition coefficient (Wildman–Crippen LogP) is 4.88. The molecule has 168 valence electrons. The quantitative estimate of drug-likeness (QED) is 0.524. The summed E-state index contributed by atoms with van der Waals surface area (Å²) < 4.78 is 68.6. The van der Waals surface area contributed by atoms with Crippen LogP contribution in [0.5, 0.6) is 0 Å². The van der Waals surface area contributed by atoms with Crippen molar-refractivity contribution in [2.24, 2.45) is 0 Å². The van der Waals surface area contributed by atoms with Gasteiger partial charge in [-0.2, -0.15) is 0 Å². The Morgan fingerprint density at radius 2 is 1.53 bits per heavy atom. The molecule has 3 aromatic rings. The van der Waals surface area contributed by atoms with Crippen LogP contribution in [0.1, 0.15) is 10.4 Å². The van der Waals surface area contributed by atoms with Crippen LogP contribution >= 0.6 is 11.6 Å². The van der Waals surface area contributed by atoms with Gasteiger partial charge in [0.05, 0.1) is 15.6 Å². The molecule has 2 N–H and O–H groups in total. The molecule has 3 rings (SSSR count). The van der Waals surface area contributed by atoms with Gasteiger partial charge in [0.25, 0.3) is 15.9 Å². The Bertz CT molecular complexity index is 1260. The number of rotatable bonds is 6. The molecule has 32 heavy (non-hydrogen) atoms. The van der Waals surface area contributed by atoms with Crippen molar-refractivity contribution >= 4 is 44.6 Å². The molecule has 3 aromatic carbocycles. The van der Waals surface area contributed by atoms with E-state index in [2.05, 4.69) is 10.0 Å². The lowest BCUT2D eigenvalue weighted by atomic mass is 10.1. The smallest absolute Gasteiger partial charge is 0.261 e. The van der Waals surface area contributed by atoms with E-state index in [1.807, 2.05) is 0 Å². The zero-order valence-corrected chi connectivity index (χ0v) is 18.4. The van der Waals surface area contributed by atoms with E-state index in [9.17, 15) is 26.4 Å². The molecule has 0 radical (unpaired) electrons. The molecule has 0 unspecified atom stereocenters. The van der Waals surface area contributed by atoms with Crippen molar-refractivity contribution in [2.45, 2.75) is 4.90 Å². The summed E-state index contributed by atoms with van der Waals surface area (Å²) in [5, 5.41) is 2.35. The lowest BCUT2D eigenvalue weighted by molar-refractivity contribution is 0.102. The first-order valence-electron chi connectivity index (χ1n) is 9.03. The van der Waals surface area contributed by atoms with Gasteiger partial charge in [-0.15, -0.1) is 0 Å². The van der Waals surface area contributed by atoms with Crippen LogP contribution in [0.15, 0.2) is 59.5 Å². The predicted molar refractivity (Wildman–Crippen MR) is 117 cm³/mol. The maximum atomic E-state index is 14.2. The van der Waals surface area contributed by atoms with Gasteiger partial charge in [-0.1, -0.05) is 11.6 Å². The second-order valence-corrected chi connectivity index (χ2v) is 8.98. The van der Waals surface area contributed by atoms with Crippen molar-refractivity contribution in [1.82, 2.24) is 0 Å². The van der Waals surface area contributed by atoms with Crippen LogP contribution in [-0.2, 0) is 10.0 Å². The fraction of sp³-hybridized carbons (Fsp3) is 0.0952. The van der Waals surface area contributed by atoms with Gasteiger partial charge in [0, 0.05) is 25.3 Å². The van der Waals surface area contributed by atoms with E-state index < -0.39 is 33.4 Å². The summed E-state index contributed by atoms with van der Waals surface area (Å²) in [6.45, 7) is 0. The molecular weight excluding hydrogens is 467 g/mol. The number of carbonyl (C=O) groups excluding carboxylic acids is 1. The summed E-state index contributed by atoms with van der Waals surface area (Å²) in [5.41, 5.74) is -0.515. The molecule has 0 aliphatic rings. The summed E-state index contributed by atoms with van der Waals surface area (Å²) in [6.07, 6.45) is 0. The Labute approximate surface area is 187 Å². The first-order chi connectivity index (χ1) is 15.0. The summed E-state index contributed by atoms with van der Waals surface area (Å²) in [7, 11) is -1.17. The molecule has 11 heteroatoms. The molecule has 0 bridgehead atoms. The number of hydrogen-bond donors (Lipinski definition) is 2. The first kappa shape index (κ1) is 23.4. The molecule has 0 saturated carbocycles. The number of carbonyl (C=O) groups is 1. The fourth-order valence-corrected chi connectivity index (χ4v) is 4.12. The second kappa shape index (κ2) is 9.09. The Kier molecular flexibility index (Phi) is 6.65. The molecule has 6 nitrogen and oxygen atoms in total. The molecule has 0 fully saturated rings. The Morgan fingerprint density at radius 3 is 2.09 bits per heavy atom. The number of anilines is 3. The van der Waals surface area contributed by atoms with E-state index in [1.165, 1.54) is 37.2 Å². The Balaban J connectivity index is 1.85. The molecule has 0 aliphatic carbocycles. The average Bonchev–Trinajstić information content (AvgIpc) is 2.69. The highest BCUT2D eigenvalue weighted by Gasteiger charge is 2.19. The lowest BCUT2D eigenvalue weighted by Gasteiger charge is -2.16. The van der Waals surface area contributed by atoms with Gasteiger partial charge in [0.15, 0.2) is 11.6 Å². The third-order valence-electron chi connectivity index (χ3n) is 4.32. The maximum absolute atomic E-state index is 14.2. The minimum Gasteiger partial charge on any atom is -0.373 e. The van der Waals surface area contributed by atoms with Gasteiger partial charge >= 0.3 is 0 Å². The van der Waals surface area contributed by atoms with E-state index in [4.69, 9.17) is 11.6 Å². The number of sulfonamides is 1. The van der Waals surface area contributed by atoms with Crippen LogP contribution in [0.2, 0.25) is 5.02 Å². The highest BCUT2D eigenvalue weighted by molar-refractivity contribution is 7.92. The number of nitrogens with one attached hydrogen (secondary N) is 2. The average molecular weight is 484 g/mol. The molecule has 0 aromatic heterocycles. The minimum atomic E-state index is -4.11. The third kappa shape index (κ3) is 5.14. The maximum Gasteiger partial charge on any atom is 0.261 e. The summed E-state index contributed by atoms with van der Waals surface area (Å²) in [4.78, 5) is 13.6. The summed E-state index contributed by atoms with van der Waals surface area (Å²) >= 11 is 6.05. The minimum absolute atomic E-state index is 0.000313. The van der Waals surface area contributed by atoms with Crippen LogP contribution in [0, 0.1) is 17.5 Å². The van der Waals surface area contributed by atoms with Gasteiger partial charge < -0.3 is 10.2 Å². The van der Waals surface area contributed by atoms with Crippen molar-refractivity contribution in [3.05, 3.63) is 82.6 Å². The molecule has 0 aliphatic heterocycles. The van der Waals surface area contributed by atoms with Gasteiger partial charge in [0.1, 0.15) is 11.5 Å². The van der Waals surface area contributed by atoms with Gasteiger partial charge in [-0.05, 0) is 54.6 Å². The number of hydrogen-bond acceptors (Lipinski definition) is 4. The largest absolute Gasteiger partial charge is 0.373 e. The van der Waals surface area contributed by atoms with E-state index in [0.29, 0.717) is 0 Å². The highest BCUT2D eigenvalue weighted by Crippen LogP contribution is 2.28. The van der Waals surface area contributed by atoms with Gasteiger partial charge in [0.2, 0.25) is 0 Å². The van der Waals surface area contributed by atoms with Crippen molar-refractivity contribution in [1.29, 1.82) is 0 Å². The van der Waals surface area contributed by atoms with E-state index >= 15 is 0 Å². The van der Waals surface area contributed by atoms with Gasteiger partial charge in [-0.3, -0.25) is 9.52 Å². The summed E-state index contributed by atoms with van der Waals surface area (Å²) in [6, 6.07) is 9.81. The van der Waals surface area contributed by atoms with E-state index in [0.717, 1.165) is 36.4 Å². The highest BCUT2D eigenvalue weighted by atomic mass is 35.5. The fourth-order valence-electron chi connectivity index (χ4n) is 2.83. The zero-order valence-electron chi connectivity index (χ0n) is 16.8. The third-order valence-corrected chi connectivity index (χ3v) is 6.03. The molecule has 0 spiro atoms. The van der Waals surface area contributed by atoms with Crippen LogP contribution < -0.4 is 14.9 Å². The van der Waals surface area contributed by atoms with E-state index in [-0.39, 0.29) is 32.5 Å². The first-order valence-corrected chi connectivity index (χ1v) is 10.9. The monoisotopic (exact) mass is 483 g/mol. The SMILES string of the molecule is CN(C)c1c(F)cc(NC(=O)c2ccc(Cl)c(NS(=O)(=O)c3ccc(F)cc3)c2)cc1F.